The van der Waals surface area contributed by atoms with Crippen LogP contribution in [-0.4, -0.2) is 5.11 Å². The Kier molecular flexibility index (Phi) is 5.13. The summed E-state index contributed by atoms with van der Waals surface area (Å²) in [6.07, 6.45) is 3.52. The molecule has 0 aliphatic heterocycles. The molecule has 0 heterocycles. The fourth-order valence-electron chi connectivity index (χ4n) is 2.42. The largest absolute Gasteiger partial charge is 0.385 e. The van der Waals surface area contributed by atoms with Gasteiger partial charge >= 0.3 is 0 Å². The quantitative estimate of drug-likeness (QED) is 0.785. The molecule has 0 radical (unpaired) electrons. The number of aliphatic hydroxyl groups is 1. The molecule has 2 unspecified atom stereocenters. The molecule has 2 atom stereocenters. The van der Waals surface area contributed by atoms with E-state index in [1.54, 1.807) is 6.07 Å². The summed E-state index contributed by atoms with van der Waals surface area (Å²) in [6, 6.07) is 6.33. The van der Waals surface area contributed by atoms with E-state index in [1.807, 2.05) is 13.0 Å². The average molecular weight is 238 g/mol. The standard InChI is InChI=1S/C15H23FO/c1-4-7-12(3)11-15(17,5-2)13-8-6-9-14(16)10-13/h6,8-10,12,17H,4-5,7,11H2,1-3H3. The molecule has 0 aliphatic rings. The van der Waals surface area contributed by atoms with Crippen molar-refractivity contribution < 1.29 is 9.50 Å². The third kappa shape index (κ3) is 3.81. The summed E-state index contributed by atoms with van der Waals surface area (Å²) in [5, 5.41) is 10.6. The van der Waals surface area contributed by atoms with Gasteiger partial charge in [0.2, 0.25) is 0 Å². The first-order valence-electron chi connectivity index (χ1n) is 6.50. The van der Waals surface area contributed by atoms with Gasteiger partial charge in [-0.25, -0.2) is 4.39 Å². The lowest BCUT2D eigenvalue weighted by Gasteiger charge is -2.30. The zero-order valence-electron chi connectivity index (χ0n) is 11.0. The van der Waals surface area contributed by atoms with Crippen LogP contribution < -0.4 is 0 Å². The summed E-state index contributed by atoms with van der Waals surface area (Å²) >= 11 is 0. The van der Waals surface area contributed by atoms with E-state index in [9.17, 15) is 9.50 Å². The predicted molar refractivity (Wildman–Crippen MR) is 69.3 cm³/mol. The summed E-state index contributed by atoms with van der Waals surface area (Å²) in [5.74, 6) is 0.172. The summed E-state index contributed by atoms with van der Waals surface area (Å²) in [7, 11) is 0. The summed E-state index contributed by atoms with van der Waals surface area (Å²) in [4.78, 5) is 0. The molecule has 0 bridgehead atoms. The van der Waals surface area contributed by atoms with Gasteiger partial charge in [-0.05, 0) is 36.5 Å². The maximum absolute atomic E-state index is 13.2. The van der Waals surface area contributed by atoms with Gasteiger partial charge in [-0.15, -0.1) is 0 Å². The van der Waals surface area contributed by atoms with Crippen molar-refractivity contribution in [3.63, 3.8) is 0 Å². The molecule has 0 saturated heterocycles. The first kappa shape index (κ1) is 14.2. The molecular formula is C15H23FO. The van der Waals surface area contributed by atoms with Crippen LogP contribution in [0, 0.1) is 11.7 Å². The van der Waals surface area contributed by atoms with Gasteiger partial charge in [0.1, 0.15) is 5.82 Å². The summed E-state index contributed by atoms with van der Waals surface area (Å²) < 4.78 is 13.2. The van der Waals surface area contributed by atoms with Crippen LogP contribution in [0.25, 0.3) is 0 Å². The maximum atomic E-state index is 13.2. The van der Waals surface area contributed by atoms with Gasteiger partial charge in [-0.2, -0.15) is 0 Å². The van der Waals surface area contributed by atoms with Crippen LogP contribution in [0.4, 0.5) is 4.39 Å². The minimum absolute atomic E-state index is 0.280. The first-order valence-corrected chi connectivity index (χ1v) is 6.50. The van der Waals surface area contributed by atoms with Crippen LogP contribution in [0.5, 0.6) is 0 Å². The van der Waals surface area contributed by atoms with Gasteiger partial charge in [0.15, 0.2) is 0 Å². The van der Waals surface area contributed by atoms with E-state index in [0.717, 1.165) is 12.8 Å². The van der Waals surface area contributed by atoms with Crippen LogP contribution in [0.15, 0.2) is 24.3 Å². The summed E-state index contributed by atoms with van der Waals surface area (Å²) in [5.41, 5.74) is -0.195. The van der Waals surface area contributed by atoms with Crippen LogP contribution in [0.3, 0.4) is 0 Å². The minimum Gasteiger partial charge on any atom is -0.385 e. The normalized spacial score (nSPS) is 16.5. The van der Waals surface area contributed by atoms with Crippen molar-refractivity contribution >= 4 is 0 Å². The van der Waals surface area contributed by atoms with Gasteiger partial charge in [-0.3, -0.25) is 0 Å². The molecule has 96 valence electrons. The molecular weight excluding hydrogens is 215 g/mol. The zero-order valence-corrected chi connectivity index (χ0v) is 11.0. The molecule has 2 heteroatoms. The number of hydrogen-bond acceptors (Lipinski definition) is 1. The molecule has 1 nitrogen and oxygen atoms in total. The Hall–Kier alpha value is -0.890. The third-order valence-electron chi connectivity index (χ3n) is 3.41. The van der Waals surface area contributed by atoms with E-state index in [0.29, 0.717) is 24.3 Å². The van der Waals surface area contributed by atoms with E-state index >= 15 is 0 Å². The smallest absolute Gasteiger partial charge is 0.123 e. The van der Waals surface area contributed by atoms with Gasteiger partial charge in [0.25, 0.3) is 0 Å². The van der Waals surface area contributed by atoms with E-state index in [1.165, 1.54) is 12.1 Å². The number of halogens is 1. The number of hydrogen-bond donors (Lipinski definition) is 1. The third-order valence-corrected chi connectivity index (χ3v) is 3.41. The van der Waals surface area contributed by atoms with Crippen molar-refractivity contribution in [2.45, 2.75) is 52.1 Å². The van der Waals surface area contributed by atoms with Crippen LogP contribution >= 0.6 is 0 Å². The maximum Gasteiger partial charge on any atom is 0.123 e. The van der Waals surface area contributed by atoms with Gasteiger partial charge in [0.05, 0.1) is 5.60 Å². The Morgan fingerprint density at radius 1 is 1.35 bits per heavy atom. The summed E-state index contributed by atoms with van der Waals surface area (Å²) in [6.45, 7) is 6.23. The van der Waals surface area contributed by atoms with Gasteiger partial charge < -0.3 is 5.11 Å². The van der Waals surface area contributed by atoms with E-state index in [-0.39, 0.29) is 5.82 Å². The number of benzene rings is 1. The lowest BCUT2D eigenvalue weighted by molar-refractivity contribution is 0.00776. The van der Waals surface area contributed by atoms with Crippen molar-refractivity contribution in [3.8, 4) is 0 Å². The highest BCUT2D eigenvalue weighted by Gasteiger charge is 2.29. The molecule has 0 saturated carbocycles. The van der Waals surface area contributed by atoms with E-state index in [2.05, 4.69) is 13.8 Å². The second-order valence-corrected chi connectivity index (χ2v) is 4.99. The molecule has 1 N–H and O–H groups in total. The fourth-order valence-corrected chi connectivity index (χ4v) is 2.42. The highest BCUT2D eigenvalue weighted by molar-refractivity contribution is 5.23. The fraction of sp³-hybridized carbons (Fsp3) is 0.600. The van der Waals surface area contributed by atoms with Crippen molar-refractivity contribution in [3.05, 3.63) is 35.6 Å². The predicted octanol–water partition coefficient (Wildman–Crippen LogP) is 4.25. The lowest BCUT2D eigenvalue weighted by atomic mass is 9.82. The average Bonchev–Trinajstić information content (AvgIpc) is 2.29. The minimum atomic E-state index is -0.892. The molecule has 0 fully saturated rings. The van der Waals surface area contributed by atoms with Crippen LogP contribution in [0.1, 0.15) is 52.0 Å². The highest BCUT2D eigenvalue weighted by atomic mass is 19.1. The molecule has 0 aliphatic carbocycles. The SMILES string of the molecule is CCCC(C)CC(O)(CC)c1cccc(F)c1. The Balaban J connectivity index is 2.87. The molecule has 0 amide bonds. The van der Waals surface area contributed by atoms with Gasteiger partial charge in [0, 0.05) is 0 Å². The Morgan fingerprint density at radius 2 is 2.06 bits per heavy atom. The highest BCUT2D eigenvalue weighted by Crippen LogP contribution is 2.33. The molecule has 0 spiro atoms. The molecule has 1 aromatic carbocycles. The molecule has 1 aromatic rings. The second-order valence-electron chi connectivity index (χ2n) is 4.99. The van der Waals surface area contributed by atoms with Crippen LogP contribution in [-0.2, 0) is 5.60 Å². The second kappa shape index (κ2) is 6.15. The Morgan fingerprint density at radius 3 is 2.59 bits per heavy atom. The molecule has 17 heavy (non-hydrogen) atoms. The van der Waals surface area contributed by atoms with Crippen molar-refractivity contribution in [2.24, 2.45) is 5.92 Å². The topological polar surface area (TPSA) is 20.2 Å². The van der Waals surface area contributed by atoms with Crippen molar-refractivity contribution in [1.82, 2.24) is 0 Å². The number of rotatable bonds is 6. The zero-order chi connectivity index (χ0) is 12.9. The van der Waals surface area contributed by atoms with Crippen molar-refractivity contribution in [2.75, 3.05) is 0 Å². The monoisotopic (exact) mass is 238 g/mol. The van der Waals surface area contributed by atoms with E-state index < -0.39 is 5.60 Å². The Labute approximate surface area is 104 Å². The molecule has 1 rings (SSSR count). The van der Waals surface area contributed by atoms with E-state index in [4.69, 9.17) is 0 Å². The van der Waals surface area contributed by atoms with Crippen LogP contribution in [0.2, 0.25) is 0 Å². The molecule has 0 aromatic heterocycles. The lowest BCUT2D eigenvalue weighted by Crippen LogP contribution is -2.27. The first-order chi connectivity index (χ1) is 8.01. The Bertz CT molecular complexity index is 351. The van der Waals surface area contributed by atoms with Crippen molar-refractivity contribution in [1.29, 1.82) is 0 Å². The van der Waals surface area contributed by atoms with Gasteiger partial charge in [-0.1, -0.05) is 45.7 Å².